The fourth-order valence-electron chi connectivity index (χ4n) is 2.36. The van der Waals surface area contributed by atoms with E-state index in [4.69, 9.17) is 11.5 Å². The lowest BCUT2D eigenvalue weighted by molar-refractivity contribution is -0.123. The first-order valence-corrected chi connectivity index (χ1v) is 7.96. The van der Waals surface area contributed by atoms with Gasteiger partial charge in [0.15, 0.2) is 0 Å². The van der Waals surface area contributed by atoms with Crippen molar-refractivity contribution < 1.29 is 13.6 Å². The number of hydrogen-bond donors (Lipinski definition) is 4. The number of amides is 1. The molecule has 0 bridgehead atoms. The first kappa shape index (κ1) is 19.0. The lowest BCUT2D eigenvalue weighted by atomic mass is 10.1. The molecule has 2 rings (SSSR count). The van der Waals surface area contributed by atoms with E-state index in [1.54, 1.807) is 0 Å². The molecule has 5 nitrogen and oxygen atoms in total. The summed E-state index contributed by atoms with van der Waals surface area (Å²) in [5.74, 6) is -1.64. The highest BCUT2D eigenvalue weighted by molar-refractivity contribution is 5.82. The molecule has 0 radical (unpaired) electrons. The van der Waals surface area contributed by atoms with Crippen LogP contribution in [0.15, 0.2) is 48.5 Å². The molecule has 0 saturated carbocycles. The van der Waals surface area contributed by atoms with Crippen molar-refractivity contribution in [2.75, 3.05) is 6.54 Å². The highest BCUT2D eigenvalue weighted by atomic mass is 19.1. The van der Waals surface area contributed by atoms with E-state index in [9.17, 15) is 13.6 Å². The Kier molecular flexibility index (Phi) is 7.00. The second-order valence-electron chi connectivity index (χ2n) is 5.74. The monoisotopic (exact) mass is 348 g/mol. The zero-order chi connectivity index (χ0) is 18.2. The third-order valence-electron chi connectivity index (χ3n) is 3.69. The molecule has 2 aromatic rings. The van der Waals surface area contributed by atoms with Gasteiger partial charge in [0.25, 0.3) is 0 Å². The lowest BCUT2D eigenvalue weighted by Crippen LogP contribution is -2.53. The van der Waals surface area contributed by atoms with Crippen molar-refractivity contribution in [3.63, 3.8) is 0 Å². The Morgan fingerprint density at radius 2 is 1.64 bits per heavy atom. The summed E-state index contributed by atoms with van der Waals surface area (Å²) in [4.78, 5) is 12.0. The summed E-state index contributed by atoms with van der Waals surface area (Å²) in [6, 6.07) is 12.3. The maximum atomic E-state index is 13.5. The van der Waals surface area contributed by atoms with Crippen LogP contribution in [0.5, 0.6) is 0 Å². The van der Waals surface area contributed by atoms with Gasteiger partial charge in [-0.05, 0) is 24.1 Å². The van der Waals surface area contributed by atoms with Gasteiger partial charge in [-0.2, -0.15) is 0 Å². The molecule has 0 saturated heterocycles. The van der Waals surface area contributed by atoms with Gasteiger partial charge in [-0.15, -0.1) is 0 Å². The van der Waals surface area contributed by atoms with Crippen molar-refractivity contribution in [2.24, 2.45) is 11.5 Å². The van der Waals surface area contributed by atoms with Crippen LogP contribution in [0.2, 0.25) is 0 Å². The Bertz CT molecular complexity index is 676. The minimum atomic E-state index is -0.725. The molecule has 25 heavy (non-hydrogen) atoms. The zero-order valence-electron chi connectivity index (χ0n) is 13.7. The molecule has 0 aliphatic rings. The zero-order valence-corrected chi connectivity index (χ0v) is 13.7. The van der Waals surface area contributed by atoms with Gasteiger partial charge in [-0.25, -0.2) is 8.78 Å². The van der Waals surface area contributed by atoms with Crippen molar-refractivity contribution in [1.29, 1.82) is 0 Å². The smallest absolute Gasteiger partial charge is 0.238 e. The Balaban J connectivity index is 1.75. The number of rotatable bonds is 8. The Labute approximate surface area is 145 Å². The van der Waals surface area contributed by atoms with Crippen LogP contribution in [0.3, 0.4) is 0 Å². The van der Waals surface area contributed by atoms with Crippen LogP contribution < -0.4 is 22.1 Å². The third kappa shape index (κ3) is 5.90. The molecule has 1 amide bonds. The molecule has 0 aliphatic heterocycles. The van der Waals surface area contributed by atoms with Gasteiger partial charge in [0, 0.05) is 18.7 Å². The standard InChI is InChI=1S/C18H22F2N4O/c19-14-7-4-8-15(20)13(14)10-23-11-17(22)24-18(25)16(21)9-12-5-2-1-3-6-12/h1-8,16-17,23H,9-11,21-22H2,(H,24,25)/t16-,17?/m0/s1. The quantitative estimate of drug-likeness (QED) is 0.536. The van der Waals surface area contributed by atoms with Crippen LogP contribution in [-0.2, 0) is 17.8 Å². The van der Waals surface area contributed by atoms with E-state index in [1.165, 1.54) is 18.2 Å². The molecular formula is C18H22F2N4O. The van der Waals surface area contributed by atoms with Gasteiger partial charge in [-0.3, -0.25) is 4.79 Å². The van der Waals surface area contributed by atoms with E-state index in [2.05, 4.69) is 10.6 Å². The van der Waals surface area contributed by atoms with Gasteiger partial charge in [0.1, 0.15) is 11.6 Å². The van der Waals surface area contributed by atoms with E-state index in [1.807, 2.05) is 30.3 Å². The van der Waals surface area contributed by atoms with Crippen LogP contribution in [0, 0.1) is 11.6 Å². The molecule has 0 aliphatic carbocycles. The number of hydrogen-bond acceptors (Lipinski definition) is 4. The molecule has 0 fully saturated rings. The summed E-state index contributed by atoms with van der Waals surface area (Å²) < 4.78 is 27.0. The number of carbonyl (C=O) groups excluding carboxylic acids is 1. The summed E-state index contributed by atoms with van der Waals surface area (Å²) >= 11 is 0. The third-order valence-corrected chi connectivity index (χ3v) is 3.69. The van der Waals surface area contributed by atoms with Crippen molar-refractivity contribution in [1.82, 2.24) is 10.6 Å². The van der Waals surface area contributed by atoms with Gasteiger partial charge in [-0.1, -0.05) is 36.4 Å². The molecule has 7 heteroatoms. The molecule has 0 aromatic heterocycles. The molecule has 1 unspecified atom stereocenters. The number of benzene rings is 2. The number of nitrogens with two attached hydrogens (primary N) is 2. The second-order valence-corrected chi connectivity index (χ2v) is 5.74. The van der Waals surface area contributed by atoms with Crippen LogP contribution in [0.4, 0.5) is 8.78 Å². The van der Waals surface area contributed by atoms with Gasteiger partial charge >= 0.3 is 0 Å². The van der Waals surface area contributed by atoms with Crippen LogP contribution in [0.1, 0.15) is 11.1 Å². The van der Waals surface area contributed by atoms with Gasteiger partial charge < -0.3 is 22.1 Å². The summed E-state index contributed by atoms with van der Waals surface area (Å²) in [7, 11) is 0. The molecular weight excluding hydrogens is 326 g/mol. The number of halogens is 2. The van der Waals surface area contributed by atoms with Crippen LogP contribution in [-0.4, -0.2) is 24.7 Å². The van der Waals surface area contributed by atoms with Crippen LogP contribution >= 0.6 is 0 Å². The average Bonchev–Trinajstić information content (AvgIpc) is 2.58. The molecule has 2 atom stereocenters. The molecule has 134 valence electrons. The first-order valence-electron chi connectivity index (χ1n) is 7.96. The van der Waals surface area contributed by atoms with Crippen molar-refractivity contribution >= 4 is 5.91 Å². The van der Waals surface area contributed by atoms with E-state index >= 15 is 0 Å². The normalized spacial score (nSPS) is 13.3. The lowest BCUT2D eigenvalue weighted by Gasteiger charge is -2.18. The predicted octanol–water partition coefficient (Wildman–Crippen LogP) is 1.03. The average molecular weight is 348 g/mol. The summed E-state index contributed by atoms with van der Waals surface area (Å²) in [6.45, 7) is 0.121. The summed E-state index contributed by atoms with van der Waals surface area (Å²) in [5, 5.41) is 5.40. The van der Waals surface area contributed by atoms with Crippen LogP contribution in [0.25, 0.3) is 0 Å². The molecule has 6 N–H and O–H groups in total. The highest BCUT2D eigenvalue weighted by Gasteiger charge is 2.16. The summed E-state index contributed by atoms with van der Waals surface area (Å²) in [6.07, 6.45) is -0.322. The maximum Gasteiger partial charge on any atom is 0.238 e. The molecule has 0 spiro atoms. The topological polar surface area (TPSA) is 93.2 Å². The first-order chi connectivity index (χ1) is 12.0. The Morgan fingerprint density at radius 1 is 1.00 bits per heavy atom. The minimum absolute atomic E-state index is 0.0296. The van der Waals surface area contributed by atoms with E-state index < -0.39 is 23.8 Å². The maximum absolute atomic E-state index is 13.5. The largest absolute Gasteiger partial charge is 0.338 e. The Morgan fingerprint density at radius 3 is 2.28 bits per heavy atom. The second kappa shape index (κ2) is 9.22. The molecule has 0 heterocycles. The molecule has 2 aromatic carbocycles. The fraction of sp³-hybridized carbons (Fsp3) is 0.278. The SMILES string of the molecule is NC(CNCc1c(F)cccc1F)NC(=O)[C@@H](N)Cc1ccccc1. The van der Waals surface area contributed by atoms with E-state index in [-0.39, 0.29) is 24.6 Å². The summed E-state index contributed by atoms with van der Waals surface area (Å²) in [5.41, 5.74) is 12.6. The Hall–Kier alpha value is -2.35. The van der Waals surface area contributed by atoms with Gasteiger partial charge in [0.2, 0.25) is 5.91 Å². The van der Waals surface area contributed by atoms with E-state index in [0.29, 0.717) is 6.42 Å². The number of nitrogens with one attached hydrogen (secondary N) is 2. The highest BCUT2D eigenvalue weighted by Crippen LogP contribution is 2.11. The van der Waals surface area contributed by atoms with Gasteiger partial charge in [0.05, 0.1) is 12.2 Å². The number of carbonyl (C=O) groups is 1. The fourth-order valence-corrected chi connectivity index (χ4v) is 2.36. The van der Waals surface area contributed by atoms with E-state index in [0.717, 1.165) is 5.56 Å². The van der Waals surface area contributed by atoms with Crippen molar-refractivity contribution in [3.05, 3.63) is 71.3 Å². The predicted molar refractivity (Wildman–Crippen MR) is 92.3 cm³/mol. The minimum Gasteiger partial charge on any atom is -0.338 e. The van der Waals surface area contributed by atoms with Crippen molar-refractivity contribution in [2.45, 2.75) is 25.2 Å². The van der Waals surface area contributed by atoms with Crippen molar-refractivity contribution in [3.8, 4) is 0 Å².